The molecule has 0 saturated carbocycles. The standard InChI is InChI=1S/C16H21F2NO3/c17-16(18)22-14-5-3-12(4-6-14)10-19-7-1-2-13(11-19)15-20-8-9-21-15/h3-6,13,15-16H,1-2,7-11H2. The van der Waals surface area contributed by atoms with E-state index >= 15 is 0 Å². The van der Waals surface area contributed by atoms with Gasteiger partial charge in [-0.05, 0) is 37.1 Å². The summed E-state index contributed by atoms with van der Waals surface area (Å²) in [7, 11) is 0. The predicted molar refractivity (Wildman–Crippen MR) is 76.8 cm³/mol. The average molecular weight is 313 g/mol. The maximum Gasteiger partial charge on any atom is 0.387 e. The van der Waals surface area contributed by atoms with Crippen LogP contribution in [-0.4, -0.2) is 44.1 Å². The quantitative estimate of drug-likeness (QED) is 0.836. The van der Waals surface area contributed by atoms with E-state index in [1.165, 1.54) is 0 Å². The first-order valence-electron chi connectivity index (χ1n) is 7.70. The molecule has 22 heavy (non-hydrogen) atoms. The van der Waals surface area contributed by atoms with Crippen molar-refractivity contribution in [3.05, 3.63) is 29.8 Å². The van der Waals surface area contributed by atoms with Gasteiger partial charge in [-0.2, -0.15) is 8.78 Å². The van der Waals surface area contributed by atoms with Crippen molar-refractivity contribution < 1.29 is 23.0 Å². The molecule has 2 aliphatic heterocycles. The fourth-order valence-electron chi connectivity index (χ4n) is 3.14. The monoisotopic (exact) mass is 313 g/mol. The summed E-state index contributed by atoms with van der Waals surface area (Å²) in [6.45, 7) is 1.39. The molecule has 2 saturated heterocycles. The molecule has 0 bridgehead atoms. The summed E-state index contributed by atoms with van der Waals surface area (Å²) in [6, 6.07) is 6.85. The van der Waals surface area contributed by atoms with Crippen molar-refractivity contribution in [1.29, 1.82) is 0 Å². The summed E-state index contributed by atoms with van der Waals surface area (Å²) in [5.74, 6) is 0.612. The molecule has 0 aliphatic carbocycles. The number of hydrogen-bond donors (Lipinski definition) is 0. The molecule has 3 rings (SSSR count). The van der Waals surface area contributed by atoms with Gasteiger partial charge in [-0.25, -0.2) is 0 Å². The number of rotatable bonds is 5. The van der Waals surface area contributed by atoms with E-state index < -0.39 is 6.61 Å². The molecular weight excluding hydrogens is 292 g/mol. The molecule has 0 N–H and O–H groups in total. The SMILES string of the molecule is FC(F)Oc1ccc(CN2CCCC(C3OCCO3)C2)cc1. The van der Waals surface area contributed by atoms with Crippen molar-refractivity contribution in [2.75, 3.05) is 26.3 Å². The van der Waals surface area contributed by atoms with Gasteiger partial charge in [0.05, 0.1) is 13.2 Å². The molecule has 1 aromatic rings. The summed E-state index contributed by atoms with van der Waals surface area (Å²) in [5, 5.41) is 0. The van der Waals surface area contributed by atoms with E-state index in [4.69, 9.17) is 9.47 Å². The lowest BCUT2D eigenvalue weighted by atomic mass is 9.97. The third kappa shape index (κ3) is 4.15. The van der Waals surface area contributed by atoms with Crippen LogP contribution in [0.4, 0.5) is 8.78 Å². The normalized spacial score (nSPS) is 24.0. The van der Waals surface area contributed by atoms with Gasteiger partial charge in [0.25, 0.3) is 0 Å². The smallest absolute Gasteiger partial charge is 0.387 e. The molecule has 0 spiro atoms. The van der Waals surface area contributed by atoms with Gasteiger partial charge in [0.1, 0.15) is 5.75 Å². The van der Waals surface area contributed by atoms with Crippen LogP contribution in [0.3, 0.4) is 0 Å². The van der Waals surface area contributed by atoms with Crippen LogP contribution >= 0.6 is 0 Å². The van der Waals surface area contributed by atoms with Crippen molar-refractivity contribution in [3.8, 4) is 5.75 Å². The van der Waals surface area contributed by atoms with Crippen molar-refractivity contribution in [2.45, 2.75) is 32.3 Å². The van der Waals surface area contributed by atoms with Crippen LogP contribution in [0.25, 0.3) is 0 Å². The largest absolute Gasteiger partial charge is 0.435 e. The Morgan fingerprint density at radius 2 is 1.91 bits per heavy atom. The Bertz CT molecular complexity index is 463. The van der Waals surface area contributed by atoms with Gasteiger partial charge in [0, 0.05) is 19.0 Å². The third-order valence-electron chi connectivity index (χ3n) is 4.13. The summed E-state index contributed by atoms with van der Waals surface area (Å²) in [6.07, 6.45) is 2.19. The Labute approximate surface area is 129 Å². The second kappa shape index (κ2) is 7.35. The number of likely N-dealkylation sites (tertiary alicyclic amines) is 1. The van der Waals surface area contributed by atoms with Crippen molar-refractivity contribution in [2.24, 2.45) is 5.92 Å². The van der Waals surface area contributed by atoms with Crippen molar-refractivity contribution in [3.63, 3.8) is 0 Å². The molecule has 1 unspecified atom stereocenters. The molecule has 2 fully saturated rings. The van der Waals surface area contributed by atoms with E-state index in [2.05, 4.69) is 9.64 Å². The van der Waals surface area contributed by atoms with Gasteiger partial charge in [-0.15, -0.1) is 0 Å². The third-order valence-corrected chi connectivity index (χ3v) is 4.13. The highest BCUT2D eigenvalue weighted by molar-refractivity contribution is 5.27. The number of ether oxygens (including phenoxy) is 3. The number of alkyl halides is 2. The van der Waals surface area contributed by atoms with E-state index in [0.717, 1.165) is 38.0 Å². The van der Waals surface area contributed by atoms with E-state index in [-0.39, 0.29) is 12.0 Å². The van der Waals surface area contributed by atoms with Gasteiger partial charge < -0.3 is 14.2 Å². The van der Waals surface area contributed by atoms with Gasteiger partial charge in [-0.3, -0.25) is 4.90 Å². The van der Waals surface area contributed by atoms with Gasteiger partial charge in [0.15, 0.2) is 6.29 Å². The second-order valence-electron chi connectivity index (χ2n) is 5.77. The van der Waals surface area contributed by atoms with Crippen LogP contribution in [0.1, 0.15) is 18.4 Å². The zero-order valence-electron chi connectivity index (χ0n) is 12.4. The summed E-state index contributed by atoms with van der Waals surface area (Å²) >= 11 is 0. The van der Waals surface area contributed by atoms with E-state index in [9.17, 15) is 8.78 Å². The number of benzene rings is 1. The molecule has 2 aliphatic rings. The van der Waals surface area contributed by atoms with Crippen LogP contribution in [0.2, 0.25) is 0 Å². The summed E-state index contributed by atoms with van der Waals surface area (Å²) < 4.78 is 39.8. The van der Waals surface area contributed by atoms with Crippen LogP contribution in [0.15, 0.2) is 24.3 Å². The van der Waals surface area contributed by atoms with Crippen LogP contribution < -0.4 is 4.74 Å². The zero-order valence-corrected chi connectivity index (χ0v) is 12.4. The second-order valence-corrected chi connectivity index (χ2v) is 5.77. The number of nitrogens with zero attached hydrogens (tertiary/aromatic N) is 1. The highest BCUT2D eigenvalue weighted by atomic mass is 19.3. The van der Waals surface area contributed by atoms with E-state index in [0.29, 0.717) is 19.1 Å². The predicted octanol–water partition coefficient (Wildman–Crippen LogP) is 2.87. The van der Waals surface area contributed by atoms with Gasteiger partial charge in [-0.1, -0.05) is 12.1 Å². The first-order chi connectivity index (χ1) is 10.7. The average Bonchev–Trinajstić information content (AvgIpc) is 3.03. The van der Waals surface area contributed by atoms with Crippen molar-refractivity contribution in [1.82, 2.24) is 4.90 Å². The minimum absolute atomic E-state index is 0.0652. The Morgan fingerprint density at radius 1 is 1.18 bits per heavy atom. The Morgan fingerprint density at radius 3 is 2.59 bits per heavy atom. The summed E-state index contributed by atoms with van der Waals surface area (Å²) in [5.41, 5.74) is 1.09. The van der Waals surface area contributed by atoms with Crippen LogP contribution in [0.5, 0.6) is 5.75 Å². The van der Waals surface area contributed by atoms with Crippen LogP contribution in [-0.2, 0) is 16.0 Å². The molecule has 0 radical (unpaired) electrons. The molecule has 2 heterocycles. The first-order valence-corrected chi connectivity index (χ1v) is 7.70. The molecular formula is C16H21F2NO3. The first kappa shape index (κ1) is 15.6. The Hall–Kier alpha value is -1.24. The molecule has 1 atom stereocenters. The lowest BCUT2D eigenvalue weighted by Crippen LogP contribution is -2.40. The molecule has 0 amide bonds. The molecule has 1 aromatic carbocycles. The lowest BCUT2D eigenvalue weighted by Gasteiger charge is -2.34. The maximum atomic E-state index is 12.1. The molecule has 122 valence electrons. The molecule has 6 heteroatoms. The maximum absolute atomic E-state index is 12.1. The molecule has 0 aromatic heterocycles. The number of hydrogen-bond acceptors (Lipinski definition) is 4. The topological polar surface area (TPSA) is 30.9 Å². The highest BCUT2D eigenvalue weighted by Gasteiger charge is 2.30. The minimum Gasteiger partial charge on any atom is -0.435 e. The van der Waals surface area contributed by atoms with Crippen molar-refractivity contribution >= 4 is 0 Å². The fraction of sp³-hybridized carbons (Fsp3) is 0.625. The lowest BCUT2D eigenvalue weighted by molar-refractivity contribution is -0.101. The number of piperidine rings is 1. The van der Waals surface area contributed by atoms with E-state index in [1.807, 2.05) is 12.1 Å². The van der Waals surface area contributed by atoms with Gasteiger partial charge in [0.2, 0.25) is 0 Å². The zero-order chi connectivity index (χ0) is 15.4. The molecule has 4 nitrogen and oxygen atoms in total. The van der Waals surface area contributed by atoms with Crippen LogP contribution in [0, 0.1) is 5.92 Å². The Balaban J connectivity index is 1.53. The fourth-order valence-corrected chi connectivity index (χ4v) is 3.14. The Kier molecular flexibility index (Phi) is 5.23. The minimum atomic E-state index is -2.78. The number of halogens is 2. The summed E-state index contributed by atoms with van der Waals surface area (Å²) in [4.78, 5) is 2.36. The van der Waals surface area contributed by atoms with E-state index in [1.54, 1.807) is 12.1 Å². The van der Waals surface area contributed by atoms with Gasteiger partial charge >= 0.3 is 6.61 Å². The highest BCUT2D eigenvalue weighted by Crippen LogP contribution is 2.26.